The maximum Gasteiger partial charge on any atom is 0.305 e. The summed E-state index contributed by atoms with van der Waals surface area (Å²) >= 11 is 0. The Labute approximate surface area is 133 Å². The third-order valence-electron chi connectivity index (χ3n) is 3.39. The monoisotopic (exact) mass is 308 g/mol. The van der Waals surface area contributed by atoms with E-state index < -0.39 is 5.97 Å². The summed E-state index contributed by atoms with van der Waals surface area (Å²) in [6.45, 7) is 0.268. The predicted molar refractivity (Wildman–Crippen MR) is 90.1 cm³/mol. The van der Waals surface area contributed by atoms with Gasteiger partial charge in [0, 0.05) is 23.2 Å². The summed E-state index contributed by atoms with van der Waals surface area (Å²) in [5.74, 6) is -0.461. The van der Waals surface area contributed by atoms with Crippen LogP contribution in [-0.2, 0) is 4.79 Å². The van der Waals surface area contributed by atoms with Crippen LogP contribution in [0, 0.1) is 0 Å². The van der Waals surface area contributed by atoms with Crippen LogP contribution in [0.4, 0.5) is 11.6 Å². The van der Waals surface area contributed by atoms with Crippen molar-refractivity contribution in [2.24, 2.45) is 0 Å². The molecule has 0 aliphatic carbocycles. The highest BCUT2D eigenvalue weighted by molar-refractivity contribution is 5.94. The van der Waals surface area contributed by atoms with E-state index in [0.717, 1.165) is 22.2 Å². The molecule has 0 aliphatic heterocycles. The molecule has 0 aliphatic rings. The Bertz CT molecular complexity index is 850. The molecule has 3 rings (SSSR count). The van der Waals surface area contributed by atoms with Gasteiger partial charge in [-0.15, -0.1) is 0 Å². The van der Waals surface area contributed by atoms with Crippen LogP contribution in [0.3, 0.4) is 0 Å². The van der Waals surface area contributed by atoms with Crippen molar-refractivity contribution in [3.63, 3.8) is 0 Å². The smallest absolute Gasteiger partial charge is 0.305 e. The van der Waals surface area contributed by atoms with Crippen LogP contribution in [0.2, 0.25) is 0 Å². The van der Waals surface area contributed by atoms with Crippen LogP contribution in [-0.4, -0.2) is 27.6 Å². The van der Waals surface area contributed by atoms with E-state index in [1.165, 1.54) is 0 Å². The molecule has 6 nitrogen and oxygen atoms in total. The zero-order valence-corrected chi connectivity index (χ0v) is 12.4. The molecule has 0 radical (unpaired) electrons. The van der Waals surface area contributed by atoms with Crippen LogP contribution in [0.5, 0.6) is 0 Å². The van der Waals surface area contributed by atoms with E-state index in [1.54, 1.807) is 6.07 Å². The molecular weight excluding hydrogens is 292 g/mol. The maximum atomic E-state index is 10.6. The quantitative estimate of drug-likeness (QED) is 0.626. The molecule has 0 saturated heterocycles. The van der Waals surface area contributed by atoms with Crippen molar-refractivity contribution in [3.8, 4) is 11.3 Å². The van der Waals surface area contributed by atoms with Gasteiger partial charge < -0.3 is 16.2 Å². The van der Waals surface area contributed by atoms with Crippen molar-refractivity contribution in [2.45, 2.75) is 6.42 Å². The van der Waals surface area contributed by atoms with Crippen molar-refractivity contribution < 1.29 is 9.90 Å². The zero-order valence-electron chi connectivity index (χ0n) is 12.4. The van der Waals surface area contributed by atoms with Gasteiger partial charge in [-0.3, -0.25) is 4.79 Å². The standard InChI is InChI=1S/C17H16N4O2/c18-12-6-7-14-13(10-12)16(11-4-2-1-3-5-11)21-17(20-14)19-9-8-15(22)23/h1-7,10H,8-9,18H2,(H,22,23)(H,19,20,21). The van der Waals surface area contributed by atoms with Gasteiger partial charge in [0.05, 0.1) is 17.6 Å². The number of nitrogens with two attached hydrogens (primary N) is 1. The zero-order chi connectivity index (χ0) is 16.2. The Balaban J connectivity index is 2.07. The molecule has 0 fully saturated rings. The molecule has 0 amide bonds. The number of fused-ring (bicyclic) bond motifs is 1. The largest absolute Gasteiger partial charge is 0.481 e. The first-order valence-electron chi connectivity index (χ1n) is 7.22. The molecule has 0 unspecified atom stereocenters. The van der Waals surface area contributed by atoms with Gasteiger partial charge in [-0.2, -0.15) is 0 Å². The average molecular weight is 308 g/mol. The minimum absolute atomic E-state index is 0.00378. The number of aliphatic carboxylic acids is 1. The number of rotatable bonds is 5. The van der Waals surface area contributed by atoms with Crippen molar-refractivity contribution in [1.29, 1.82) is 0 Å². The van der Waals surface area contributed by atoms with Gasteiger partial charge in [-0.25, -0.2) is 9.97 Å². The normalized spacial score (nSPS) is 10.6. The lowest BCUT2D eigenvalue weighted by Gasteiger charge is -2.10. The lowest BCUT2D eigenvalue weighted by Crippen LogP contribution is -2.10. The molecule has 0 bridgehead atoms. The van der Waals surface area contributed by atoms with E-state index in [2.05, 4.69) is 15.3 Å². The number of carboxylic acids is 1. The summed E-state index contributed by atoms with van der Waals surface area (Å²) in [4.78, 5) is 19.6. The minimum atomic E-state index is -0.866. The molecule has 0 saturated carbocycles. The molecule has 23 heavy (non-hydrogen) atoms. The van der Waals surface area contributed by atoms with Crippen molar-refractivity contribution in [2.75, 3.05) is 17.6 Å². The highest BCUT2D eigenvalue weighted by Gasteiger charge is 2.10. The first kappa shape index (κ1) is 14.8. The minimum Gasteiger partial charge on any atom is -0.481 e. The second-order valence-electron chi connectivity index (χ2n) is 5.11. The Kier molecular flexibility index (Phi) is 4.05. The van der Waals surface area contributed by atoms with Gasteiger partial charge in [0.25, 0.3) is 0 Å². The summed E-state index contributed by atoms with van der Waals surface area (Å²) in [7, 11) is 0. The van der Waals surface area contributed by atoms with Crippen LogP contribution in [0.25, 0.3) is 22.2 Å². The fraction of sp³-hybridized carbons (Fsp3) is 0.118. The SMILES string of the molecule is Nc1ccc2nc(NCCC(=O)O)nc(-c3ccccc3)c2c1. The first-order chi connectivity index (χ1) is 11.1. The number of carboxylic acid groups (broad SMARTS) is 1. The number of hydrogen-bond donors (Lipinski definition) is 3. The predicted octanol–water partition coefficient (Wildman–Crippen LogP) is 2.77. The Morgan fingerprint density at radius 1 is 1.13 bits per heavy atom. The van der Waals surface area contributed by atoms with Crippen molar-refractivity contribution >= 4 is 28.5 Å². The van der Waals surface area contributed by atoms with Gasteiger partial charge in [0.1, 0.15) is 0 Å². The molecule has 4 N–H and O–H groups in total. The van der Waals surface area contributed by atoms with Gasteiger partial charge in [0.15, 0.2) is 0 Å². The summed E-state index contributed by atoms with van der Waals surface area (Å²) in [6.07, 6.45) is 0.00378. The highest BCUT2D eigenvalue weighted by Crippen LogP contribution is 2.28. The van der Waals surface area contributed by atoms with Gasteiger partial charge >= 0.3 is 5.97 Å². The molecule has 0 spiro atoms. The van der Waals surface area contributed by atoms with Crippen LogP contribution < -0.4 is 11.1 Å². The highest BCUT2D eigenvalue weighted by atomic mass is 16.4. The number of hydrogen-bond acceptors (Lipinski definition) is 5. The number of nitrogens with one attached hydrogen (secondary N) is 1. The molecule has 6 heteroatoms. The molecule has 1 heterocycles. The molecular formula is C17H16N4O2. The van der Waals surface area contributed by atoms with E-state index in [-0.39, 0.29) is 13.0 Å². The van der Waals surface area contributed by atoms with Crippen LogP contribution >= 0.6 is 0 Å². The number of carbonyl (C=O) groups is 1. The lowest BCUT2D eigenvalue weighted by molar-refractivity contribution is -0.136. The number of aromatic nitrogens is 2. The fourth-order valence-electron chi connectivity index (χ4n) is 2.32. The summed E-state index contributed by atoms with van der Waals surface area (Å²) in [6, 6.07) is 15.2. The average Bonchev–Trinajstić information content (AvgIpc) is 2.55. The fourth-order valence-corrected chi connectivity index (χ4v) is 2.32. The number of nitrogens with zero attached hydrogens (tertiary/aromatic N) is 2. The van der Waals surface area contributed by atoms with Crippen molar-refractivity contribution in [3.05, 3.63) is 48.5 Å². The van der Waals surface area contributed by atoms with Gasteiger partial charge in [0.2, 0.25) is 5.95 Å². The summed E-state index contributed by atoms with van der Waals surface area (Å²) < 4.78 is 0. The molecule has 0 atom stereocenters. The number of benzene rings is 2. The Morgan fingerprint density at radius 3 is 2.65 bits per heavy atom. The van der Waals surface area contributed by atoms with E-state index in [1.807, 2.05) is 42.5 Å². The molecule has 116 valence electrons. The van der Waals surface area contributed by atoms with E-state index in [4.69, 9.17) is 10.8 Å². The molecule has 3 aromatic rings. The number of anilines is 2. The van der Waals surface area contributed by atoms with Gasteiger partial charge in [-0.1, -0.05) is 30.3 Å². The Morgan fingerprint density at radius 2 is 1.91 bits per heavy atom. The topological polar surface area (TPSA) is 101 Å². The second-order valence-corrected chi connectivity index (χ2v) is 5.11. The maximum absolute atomic E-state index is 10.6. The van der Waals surface area contributed by atoms with Crippen LogP contribution in [0.1, 0.15) is 6.42 Å². The lowest BCUT2D eigenvalue weighted by atomic mass is 10.1. The van der Waals surface area contributed by atoms with E-state index in [9.17, 15) is 4.79 Å². The molecule has 1 aromatic heterocycles. The van der Waals surface area contributed by atoms with E-state index in [0.29, 0.717) is 11.6 Å². The third kappa shape index (κ3) is 3.37. The van der Waals surface area contributed by atoms with E-state index >= 15 is 0 Å². The second kappa shape index (κ2) is 6.31. The Hall–Kier alpha value is -3.15. The summed E-state index contributed by atoms with van der Waals surface area (Å²) in [5, 5.41) is 12.6. The van der Waals surface area contributed by atoms with Gasteiger partial charge in [-0.05, 0) is 18.2 Å². The summed E-state index contributed by atoms with van der Waals surface area (Å²) in [5.41, 5.74) is 9.00. The number of nitrogen functional groups attached to an aromatic ring is 1. The first-order valence-corrected chi connectivity index (χ1v) is 7.22. The van der Waals surface area contributed by atoms with Crippen molar-refractivity contribution in [1.82, 2.24) is 9.97 Å². The van der Waals surface area contributed by atoms with Crippen LogP contribution in [0.15, 0.2) is 48.5 Å². The third-order valence-corrected chi connectivity index (χ3v) is 3.39. The molecule has 2 aromatic carbocycles.